The van der Waals surface area contributed by atoms with Gasteiger partial charge in [0.2, 0.25) is 0 Å². The maximum atomic E-state index is 9.03. The van der Waals surface area contributed by atoms with Crippen LogP contribution in [-0.2, 0) is 4.74 Å². The molecule has 1 saturated heterocycles. The second kappa shape index (κ2) is 6.37. The molecule has 0 aromatic rings. The van der Waals surface area contributed by atoms with Crippen molar-refractivity contribution in [3.8, 4) is 0 Å². The van der Waals surface area contributed by atoms with Gasteiger partial charge in [-0.05, 0) is 0 Å². The molecule has 74 valence electrons. The monoisotopic (exact) mass is 178 g/mol. The summed E-state index contributed by atoms with van der Waals surface area (Å²) in [5, 5.41) is 26.5. The van der Waals surface area contributed by atoms with E-state index in [9.17, 15) is 0 Å². The molecule has 0 unspecified atom stereocenters. The minimum absolute atomic E-state index is 0.145. The van der Waals surface area contributed by atoms with Gasteiger partial charge in [0.1, 0.15) is 0 Å². The van der Waals surface area contributed by atoms with Crippen molar-refractivity contribution >= 4 is 0 Å². The first-order chi connectivity index (χ1) is 5.72. The van der Waals surface area contributed by atoms with Crippen LogP contribution in [0.5, 0.6) is 0 Å². The van der Waals surface area contributed by atoms with Crippen molar-refractivity contribution in [3.05, 3.63) is 0 Å². The van der Waals surface area contributed by atoms with E-state index in [4.69, 9.17) is 20.1 Å². The summed E-state index contributed by atoms with van der Waals surface area (Å²) in [6, 6.07) is 0. The molecule has 1 fully saturated rings. The summed E-state index contributed by atoms with van der Waals surface area (Å²) >= 11 is 0. The number of aliphatic hydroxyl groups is 3. The molecule has 0 spiro atoms. The van der Waals surface area contributed by atoms with Crippen LogP contribution in [-0.4, -0.2) is 40.4 Å². The van der Waals surface area contributed by atoms with E-state index in [0.29, 0.717) is 6.42 Å². The van der Waals surface area contributed by atoms with Gasteiger partial charge in [-0.3, -0.25) is 0 Å². The molecule has 3 N–H and O–H groups in total. The van der Waals surface area contributed by atoms with Crippen molar-refractivity contribution in [2.75, 3.05) is 6.61 Å². The summed E-state index contributed by atoms with van der Waals surface area (Å²) in [5.41, 5.74) is 0. The molecule has 0 aromatic carbocycles. The van der Waals surface area contributed by atoms with Gasteiger partial charge in [0.25, 0.3) is 0 Å². The van der Waals surface area contributed by atoms with Gasteiger partial charge in [-0.15, -0.1) is 0 Å². The minimum atomic E-state index is -0.916. The molecule has 0 amide bonds. The molecule has 1 heterocycles. The van der Waals surface area contributed by atoms with E-state index in [0.717, 1.165) is 0 Å². The predicted molar refractivity (Wildman–Crippen MR) is 44.6 cm³/mol. The Morgan fingerprint density at radius 3 is 2.25 bits per heavy atom. The molecule has 1 rings (SSSR count). The van der Waals surface area contributed by atoms with Crippen LogP contribution in [0.2, 0.25) is 0 Å². The zero-order chi connectivity index (χ0) is 9.56. The lowest BCUT2D eigenvalue weighted by Gasteiger charge is -2.28. The van der Waals surface area contributed by atoms with Gasteiger partial charge in [-0.1, -0.05) is 13.8 Å². The van der Waals surface area contributed by atoms with Gasteiger partial charge in [-0.2, -0.15) is 0 Å². The number of hydrogen-bond donors (Lipinski definition) is 3. The van der Waals surface area contributed by atoms with Crippen molar-refractivity contribution in [3.63, 3.8) is 0 Å². The van der Waals surface area contributed by atoms with Gasteiger partial charge in [0.15, 0.2) is 6.29 Å². The number of rotatable bonds is 1. The summed E-state index contributed by atoms with van der Waals surface area (Å²) in [6.45, 7) is 3.86. The molecule has 4 heteroatoms. The molecular formula is C8H18O4. The zero-order valence-electron chi connectivity index (χ0n) is 7.60. The first kappa shape index (κ1) is 11.8. The normalized spacial score (nSPS) is 35.2. The highest BCUT2D eigenvalue weighted by Gasteiger charge is 2.25. The zero-order valence-corrected chi connectivity index (χ0v) is 7.60. The molecular weight excluding hydrogens is 160 g/mol. The summed E-state index contributed by atoms with van der Waals surface area (Å²) in [6.07, 6.45) is -1.20. The van der Waals surface area contributed by atoms with E-state index < -0.39 is 18.5 Å². The molecule has 4 nitrogen and oxygen atoms in total. The Hall–Kier alpha value is -0.160. The third-order valence-corrected chi connectivity index (χ3v) is 1.56. The number of aliphatic hydroxyl groups excluding tert-OH is 3. The molecule has 3 atom stereocenters. The molecule has 0 aliphatic carbocycles. The van der Waals surface area contributed by atoms with E-state index in [1.165, 1.54) is 0 Å². The van der Waals surface area contributed by atoms with E-state index in [1.807, 2.05) is 13.8 Å². The summed E-state index contributed by atoms with van der Waals surface area (Å²) in [4.78, 5) is 0. The highest BCUT2D eigenvalue weighted by molar-refractivity contribution is 4.71. The van der Waals surface area contributed by atoms with Gasteiger partial charge in [-0.25, -0.2) is 0 Å². The Labute approximate surface area is 72.8 Å². The Kier molecular flexibility index (Phi) is 6.28. The van der Waals surface area contributed by atoms with Crippen LogP contribution in [0.15, 0.2) is 0 Å². The third kappa shape index (κ3) is 4.01. The van der Waals surface area contributed by atoms with E-state index in [2.05, 4.69) is 0 Å². The first-order valence-electron chi connectivity index (χ1n) is 4.35. The summed E-state index contributed by atoms with van der Waals surface area (Å²) in [5.74, 6) is 0. The smallest absolute Gasteiger partial charge is 0.157 e. The Morgan fingerprint density at radius 2 is 1.83 bits per heavy atom. The predicted octanol–water partition coefficient (Wildman–Crippen LogP) is -0.137. The standard InChI is InChI=1S/C6H12O4.C2H6/c7-3-5-1-4(8)2-6(9)10-5;1-2/h4-9H,1-3H2;1-2H3/t4-,5-,6+;/m0./s1. The highest BCUT2D eigenvalue weighted by Crippen LogP contribution is 2.17. The lowest BCUT2D eigenvalue weighted by atomic mass is 10.1. The molecule has 0 saturated carbocycles. The first-order valence-corrected chi connectivity index (χ1v) is 4.35. The Balaban J connectivity index is 0.000000561. The average Bonchev–Trinajstić information content (AvgIpc) is 2.06. The van der Waals surface area contributed by atoms with Crippen molar-refractivity contribution in [2.45, 2.75) is 45.2 Å². The maximum absolute atomic E-state index is 9.03. The van der Waals surface area contributed by atoms with Crippen LogP contribution in [0.3, 0.4) is 0 Å². The quantitative estimate of drug-likeness (QED) is 0.523. The van der Waals surface area contributed by atoms with Gasteiger partial charge >= 0.3 is 0 Å². The number of hydrogen-bond acceptors (Lipinski definition) is 4. The minimum Gasteiger partial charge on any atom is -0.394 e. The fourth-order valence-electron chi connectivity index (χ4n) is 1.08. The van der Waals surface area contributed by atoms with Crippen molar-refractivity contribution in [1.29, 1.82) is 0 Å². The summed E-state index contributed by atoms with van der Waals surface area (Å²) in [7, 11) is 0. The third-order valence-electron chi connectivity index (χ3n) is 1.56. The van der Waals surface area contributed by atoms with E-state index >= 15 is 0 Å². The fourth-order valence-corrected chi connectivity index (χ4v) is 1.08. The highest BCUT2D eigenvalue weighted by atomic mass is 16.6. The Morgan fingerprint density at radius 1 is 1.25 bits per heavy atom. The van der Waals surface area contributed by atoms with Crippen LogP contribution in [0.25, 0.3) is 0 Å². The molecule has 0 bridgehead atoms. The molecule has 1 aliphatic heterocycles. The molecule has 0 aromatic heterocycles. The topological polar surface area (TPSA) is 69.9 Å². The van der Waals surface area contributed by atoms with Crippen molar-refractivity contribution in [2.24, 2.45) is 0 Å². The largest absolute Gasteiger partial charge is 0.394 e. The second-order valence-corrected chi connectivity index (χ2v) is 2.52. The van der Waals surface area contributed by atoms with Crippen LogP contribution < -0.4 is 0 Å². The summed E-state index contributed by atoms with van der Waals surface area (Å²) < 4.78 is 4.85. The lowest BCUT2D eigenvalue weighted by molar-refractivity contribution is -0.197. The van der Waals surface area contributed by atoms with Crippen molar-refractivity contribution in [1.82, 2.24) is 0 Å². The Bertz CT molecular complexity index is 97.2. The fraction of sp³-hybridized carbons (Fsp3) is 1.00. The molecule has 12 heavy (non-hydrogen) atoms. The van der Waals surface area contributed by atoms with E-state index in [1.54, 1.807) is 0 Å². The van der Waals surface area contributed by atoms with E-state index in [-0.39, 0.29) is 13.0 Å². The van der Waals surface area contributed by atoms with Crippen molar-refractivity contribution < 1.29 is 20.1 Å². The number of ether oxygens (including phenoxy) is 1. The van der Waals surface area contributed by atoms with Crippen LogP contribution in [0, 0.1) is 0 Å². The maximum Gasteiger partial charge on any atom is 0.157 e. The van der Waals surface area contributed by atoms with Crippen LogP contribution >= 0.6 is 0 Å². The SMILES string of the molecule is CC.OC[C@@H]1C[C@H](O)C[C@H](O)O1. The van der Waals surface area contributed by atoms with Gasteiger partial charge in [0.05, 0.1) is 18.8 Å². The molecule has 0 radical (unpaired) electrons. The second-order valence-electron chi connectivity index (χ2n) is 2.52. The van der Waals surface area contributed by atoms with Crippen LogP contribution in [0.1, 0.15) is 26.7 Å². The average molecular weight is 178 g/mol. The van der Waals surface area contributed by atoms with Gasteiger partial charge < -0.3 is 20.1 Å². The molecule has 1 aliphatic rings. The van der Waals surface area contributed by atoms with Gasteiger partial charge in [0, 0.05) is 12.8 Å². The lowest BCUT2D eigenvalue weighted by Crippen LogP contribution is -2.37. The van der Waals surface area contributed by atoms with Crippen LogP contribution in [0.4, 0.5) is 0 Å².